The van der Waals surface area contributed by atoms with Crippen LogP contribution in [-0.4, -0.2) is 10.8 Å². The van der Waals surface area contributed by atoms with E-state index in [0.29, 0.717) is 6.61 Å². The zero-order valence-corrected chi connectivity index (χ0v) is 13.3. The van der Waals surface area contributed by atoms with Crippen molar-refractivity contribution >= 4 is 17.1 Å². The van der Waals surface area contributed by atoms with E-state index in [0.717, 1.165) is 34.3 Å². The van der Waals surface area contributed by atoms with E-state index in [-0.39, 0.29) is 0 Å². The predicted octanol–water partition coefficient (Wildman–Crippen LogP) is 4.71. The maximum absolute atomic E-state index is 7.60. The van der Waals surface area contributed by atoms with Crippen LogP contribution in [0.15, 0.2) is 61.3 Å². The Hall–Kier alpha value is -2.81. The Bertz CT molecular complexity index is 861. The normalized spacial score (nSPS) is 10.7. The van der Waals surface area contributed by atoms with Gasteiger partial charge in [-0.05, 0) is 30.7 Å². The fraction of sp³-hybridized carbons (Fsp3) is 0.150. The second kappa shape index (κ2) is 6.53. The van der Waals surface area contributed by atoms with Crippen LogP contribution in [0.3, 0.4) is 0 Å². The summed E-state index contributed by atoms with van der Waals surface area (Å²) in [7, 11) is 0. The molecule has 23 heavy (non-hydrogen) atoms. The van der Waals surface area contributed by atoms with E-state index in [2.05, 4.69) is 36.3 Å². The first-order valence-electron chi connectivity index (χ1n) is 7.64. The van der Waals surface area contributed by atoms with Gasteiger partial charge in [0.25, 0.3) is 0 Å². The third-order valence-electron chi connectivity index (χ3n) is 3.85. The molecular formula is C20H20N2O. The van der Waals surface area contributed by atoms with E-state index in [1.165, 1.54) is 11.8 Å². The Morgan fingerprint density at radius 1 is 1.22 bits per heavy atom. The van der Waals surface area contributed by atoms with Gasteiger partial charge in [0.2, 0.25) is 0 Å². The van der Waals surface area contributed by atoms with Gasteiger partial charge in [-0.15, -0.1) is 6.58 Å². The lowest BCUT2D eigenvalue weighted by atomic mass is 10.1. The van der Waals surface area contributed by atoms with E-state index in [1.807, 2.05) is 36.5 Å². The van der Waals surface area contributed by atoms with E-state index >= 15 is 0 Å². The summed E-state index contributed by atoms with van der Waals surface area (Å²) in [6, 6.07) is 14.3. The SMILES string of the molecule is C=CCn1cc(C=N)c2cc(OCc3cccc(C)c3)ccc21. The zero-order valence-electron chi connectivity index (χ0n) is 13.3. The minimum absolute atomic E-state index is 0.542. The quantitative estimate of drug-likeness (QED) is 0.519. The number of hydrogen-bond donors (Lipinski definition) is 1. The van der Waals surface area contributed by atoms with Crippen molar-refractivity contribution in [2.24, 2.45) is 0 Å². The van der Waals surface area contributed by atoms with Crippen LogP contribution >= 0.6 is 0 Å². The van der Waals surface area contributed by atoms with Crippen LogP contribution in [0.2, 0.25) is 0 Å². The smallest absolute Gasteiger partial charge is 0.120 e. The van der Waals surface area contributed by atoms with Gasteiger partial charge >= 0.3 is 0 Å². The van der Waals surface area contributed by atoms with Gasteiger partial charge in [-0.25, -0.2) is 0 Å². The Morgan fingerprint density at radius 3 is 2.83 bits per heavy atom. The van der Waals surface area contributed by atoms with Gasteiger partial charge in [-0.3, -0.25) is 0 Å². The molecule has 3 rings (SSSR count). The third-order valence-corrected chi connectivity index (χ3v) is 3.85. The van der Waals surface area contributed by atoms with Crippen molar-refractivity contribution < 1.29 is 4.74 Å². The number of ether oxygens (including phenoxy) is 1. The van der Waals surface area contributed by atoms with Crippen molar-refractivity contribution in [2.75, 3.05) is 0 Å². The first-order chi connectivity index (χ1) is 11.2. The van der Waals surface area contributed by atoms with E-state index in [9.17, 15) is 0 Å². The van der Waals surface area contributed by atoms with Crippen LogP contribution in [0.25, 0.3) is 10.9 Å². The van der Waals surface area contributed by atoms with E-state index in [1.54, 1.807) is 0 Å². The lowest BCUT2D eigenvalue weighted by Crippen LogP contribution is -1.96. The van der Waals surface area contributed by atoms with Crippen molar-refractivity contribution in [1.82, 2.24) is 4.57 Å². The van der Waals surface area contributed by atoms with Crippen molar-refractivity contribution in [1.29, 1.82) is 5.41 Å². The summed E-state index contributed by atoms with van der Waals surface area (Å²) in [6.07, 6.45) is 5.21. The summed E-state index contributed by atoms with van der Waals surface area (Å²) in [4.78, 5) is 0. The molecule has 0 saturated heterocycles. The second-order valence-electron chi connectivity index (χ2n) is 5.63. The van der Waals surface area contributed by atoms with Crippen LogP contribution in [0.5, 0.6) is 5.75 Å². The molecule has 0 saturated carbocycles. The van der Waals surface area contributed by atoms with Gasteiger partial charge < -0.3 is 14.7 Å². The first-order valence-corrected chi connectivity index (χ1v) is 7.64. The van der Waals surface area contributed by atoms with Gasteiger partial charge in [-0.1, -0.05) is 35.9 Å². The van der Waals surface area contributed by atoms with Crippen LogP contribution in [0.4, 0.5) is 0 Å². The highest BCUT2D eigenvalue weighted by molar-refractivity contribution is 5.99. The molecule has 3 heteroatoms. The first kappa shape index (κ1) is 15.1. The summed E-state index contributed by atoms with van der Waals surface area (Å²) >= 11 is 0. The van der Waals surface area contributed by atoms with Gasteiger partial charge in [0.15, 0.2) is 0 Å². The maximum Gasteiger partial charge on any atom is 0.120 e. The Balaban J connectivity index is 1.87. The van der Waals surface area contributed by atoms with Crippen molar-refractivity contribution in [3.63, 3.8) is 0 Å². The van der Waals surface area contributed by atoms with Gasteiger partial charge in [0.1, 0.15) is 12.4 Å². The zero-order chi connectivity index (χ0) is 16.2. The lowest BCUT2D eigenvalue weighted by Gasteiger charge is -2.08. The predicted molar refractivity (Wildman–Crippen MR) is 95.5 cm³/mol. The molecule has 0 atom stereocenters. The molecule has 0 unspecified atom stereocenters. The van der Waals surface area contributed by atoms with Gasteiger partial charge in [-0.2, -0.15) is 0 Å². The molecule has 3 aromatic rings. The molecule has 116 valence electrons. The van der Waals surface area contributed by atoms with Gasteiger partial charge in [0.05, 0.1) is 0 Å². The molecule has 3 nitrogen and oxygen atoms in total. The molecular weight excluding hydrogens is 284 g/mol. The molecule has 0 bridgehead atoms. The van der Waals surface area contributed by atoms with Crippen LogP contribution in [-0.2, 0) is 13.2 Å². The number of aryl methyl sites for hydroxylation is 1. The summed E-state index contributed by atoms with van der Waals surface area (Å²) in [5.74, 6) is 0.818. The van der Waals surface area contributed by atoms with Crippen LogP contribution in [0, 0.1) is 12.3 Å². The molecule has 0 aliphatic carbocycles. The fourth-order valence-electron chi connectivity index (χ4n) is 2.77. The summed E-state index contributed by atoms with van der Waals surface area (Å²) in [6.45, 7) is 7.13. The highest BCUT2D eigenvalue weighted by atomic mass is 16.5. The molecule has 0 aliphatic heterocycles. The van der Waals surface area contributed by atoms with Crippen molar-refractivity contribution in [2.45, 2.75) is 20.1 Å². The molecule has 1 heterocycles. The highest BCUT2D eigenvalue weighted by Gasteiger charge is 2.08. The molecule has 2 aromatic carbocycles. The molecule has 0 amide bonds. The molecule has 0 aliphatic rings. The van der Waals surface area contributed by atoms with Crippen molar-refractivity contribution in [3.8, 4) is 5.75 Å². The number of allylic oxidation sites excluding steroid dienone is 1. The molecule has 0 radical (unpaired) electrons. The van der Waals surface area contributed by atoms with E-state index < -0.39 is 0 Å². The Kier molecular flexibility index (Phi) is 4.29. The Morgan fingerprint density at radius 2 is 2.09 bits per heavy atom. The minimum atomic E-state index is 0.542. The average Bonchev–Trinajstić information content (AvgIpc) is 2.91. The number of hydrogen-bond acceptors (Lipinski definition) is 2. The molecule has 0 spiro atoms. The molecule has 1 N–H and O–H groups in total. The highest BCUT2D eigenvalue weighted by Crippen LogP contribution is 2.26. The minimum Gasteiger partial charge on any atom is -0.489 e. The number of fused-ring (bicyclic) bond motifs is 1. The molecule has 0 fully saturated rings. The van der Waals surface area contributed by atoms with Crippen LogP contribution < -0.4 is 4.74 Å². The monoisotopic (exact) mass is 304 g/mol. The number of benzene rings is 2. The van der Waals surface area contributed by atoms with Crippen molar-refractivity contribution in [3.05, 3.63) is 78.0 Å². The number of nitrogens with one attached hydrogen (secondary N) is 1. The second-order valence-corrected chi connectivity index (χ2v) is 5.63. The number of aromatic nitrogens is 1. The number of rotatable bonds is 6. The summed E-state index contributed by atoms with van der Waals surface area (Å²) in [5.41, 5.74) is 4.37. The lowest BCUT2D eigenvalue weighted by molar-refractivity contribution is 0.306. The van der Waals surface area contributed by atoms with Gasteiger partial charge in [0, 0.05) is 35.4 Å². The number of nitrogens with zero attached hydrogens (tertiary/aromatic N) is 1. The average molecular weight is 304 g/mol. The summed E-state index contributed by atoms with van der Waals surface area (Å²) < 4.78 is 8.01. The molecule has 1 aromatic heterocycles. The third kappa shape index (κ3) is 3.19. The standard InChI is InChI=1S/C20H20N2O/c1-3-9-22-13-17(12-21)19-11-18(7-8-20(19)22)23-14-16-6-4-5-15(2)10-16/h3-8,10-13,21H,1,9,14H2,2H3. The largest absolute Gasteiger partial charge is 0.489 e. The van der Waals surface area contributed by atoms with Crippen LogP contribution in [0.1, 0.15) is 16.7 Å². The topological polar surface area (TPSA) is 38.0 Å². The Labute approximate surface area is 136 Å². The summed E-state index contributed by atoms with van der Waals surface area (Å²) in [5, 5.41) is 8.63. The van der Waals surface area contributed by atoms with E-state index in [4.69, 9.17) is 10.1 Å². The fourth-order valence-corrected chi connectivity index (χ4v) is 2.77. The maximum atomic E-state index is 7.60.